The second-order valence-electron chi connectivity index (χ2n) is 17.4. The third kappa shape index (κ3) is 48.1. The van der Waals surface area contributed by atoms with Crippen molar-refractivity contribution in [1.29, 1.82) is 0 Å². The standard InChI is InChI=1S/C56H98O6/c1-4-7-10-13-16-19-22-25-27-28-30-31-34-37-40-43-46-49-55(58)61-52-53(51-60-54(57)48-45-42-39-36-33-24-21-18-15-12-9-6-3)62-56(59)50-47-44-41-38-35-32-29-26-23-20-17-14-11-8-5-2/h16,19,25-27,29-31,37,40,53H,4-15,17-18,20-24,28,32-36,38-39,41-52H2,1-3H3/b19-16-,27-25-,29-26-,31-30-,40-37-/t53-/m0/s1. The number of esters is 3. The number of ether oxygens (including phenoxy) is 3. The van der Waals surface area contributed by atoms with E-state index in [1.54, 1.807) is 0 Å². The summed E-state index contributed by atoms with van der Waals surface area (Å²) >= 11 is 0. The fraction of sp³-hybridized carbons (Fsp3) is 0.768. The Morgan fingerprint density at radius 1 is 0.323 bits per heavy atom. The van der Waals surface area contributed by atoms with E-state index in [2.05, 4.69) is 81.5 Å². The fourth-order valence-corrected chi connectivity index (χ4v) is 7.25. The minimum atomic E-state index is -0.797. The van der Waals surface area contributed by atoms with Gasteiger partial charge in [-0.15, -0.1) is 0 Å². The first-order chi connectivity index (χ1) is 30.5. The molecule has 0 rings (SSSR count). The Kier molecular flexibility index (Phi) is 48.4. The van der Waals surface area contributed by atoms with Crippen LogP contribution in [-0.2, 0) is 28.6 Å². The Morgan fingerprint density at radius 3 is 1.02 bits per heavy atom. The van der Waals surface area contributed by atoms with Crippen LogP contribution in [0.1, 0.15) is 258 Å². The van der Waals surface area contributed by atoms with E-state index in [4.69, 9.17) is 14.2 Å². The molecule has 6 heteroatoms. The van der Waals surface area contributed by atoms with Gasteiger partial charge in [-0.1, -0.05) is 216 Å². The normalized spacial score (nSPS) is 12.5. The number of carbonyl (C=O) groups is 3. The molecule has 1 atom stereocenters. The SMILES string of the molecule is CCCCC/C=C\C/C=C\C/C=C\C/C=C\CCCC(=O)OC[C@H](COC(=O)CCCCCCCCCCCCCC)OC(=O)CCCCCCC/C=C\CCCCCCCC. The summed E-state index contributed by atoms with van der Waals surface area (Å²) in [6.45, 7) is 6.56. The van der Waals surface area contributed by atoms with Crippen molar-refractivity contribution in [2.45, 2.75) is 264 Å². The van der Waals surface area contributed by atoms with Gasteiger partial charge in [0.25, 0.3) is 0 Å². The minimum absolute atomic E-state index is 0.0926. The molecule has 0 fully saturated rings. The van der Waals surface area contributed by atoms with Gasteiger partial charge in [-0.3, -0.25) is 14.4 Å². The zero-order chi connectivity index (χ0) is 45.1. The van der Waals surface area contributed by atoms with Crippen molar-refractivity contribution in [2.24, 2.45) is 0 Å². The van der Waals surface area contributed by atoms with Gasteiger partial charge in [-0.25, -0.2) is 0 Å². The third-order valence-electron chi connectivity index (χ3n) is 11.2. The molecule has 0 saturated heterocycles. The average molecular weight is 867 g/mol. The molecule has 0 spiro atoms. The molecule has 62 heavy (non-hydrogen) atoms. The Hall–Kier alpha value is -2.89. The van der Waals surface area contributed by atoms with Gasteiger partial charge >= 0.3 is 17.9 Å². The van der Waals surface area contributed by atoms with Crippen molar-refractivity contribution in [1.82, 2.24) is 0 Å². The zero-order valence-electron chi connectivity index (χ0n) is 40.9. The van der Waals surface area contributed by atoms with Crippen molar-refractivity contribution in [3.05, 3.63) is 60.8 Å². The molecule has 0 saturated carbocycles. The summed E-state index contributed by atoms with van der Waals surface area (Å²) in [5.74, 6) is -0.955. The number of unbranched alkanes of at least 4 members (excludes halogenated alkanes) is 26. The molecule has 0 amide bonds. The smallest absolute Gasteiger partial charge is 0.306 e. The lowest BCUT2D eigenvalue weighted by Crippen LogP contribution is -2.30. The molecule has 358 valence electrons. The van der Waals surface area contributed by atoms with Crippen LogP contribution in [0.2, 0.25) is 0 Å². The number of rotatable bonds is 47. The van der Waals surface area contributed by atoms with Crippen LogP contribution in [0.4, 0.5) is 0 Å². The molecule has 0 aromatic heterocycles. The fourth-order valence-electron chi connectivity index (χ4n) is 7.25. The van der Waals surface area contributed by atoms with Crippen LogP contribution in [0, 0.1) is 0 Å². The molecule has 0 aliphatic heterocycles. The summed E-state index contributed by atoms with van der Waals surface area (Å²) in [7, 11) is 0. The number of carbonyl (C=O) groups excluding carboxylic acids is 3. The van der Waals surface area contributed by atoms with E-state index in [0.717, 1.165) is 77.0 Å². The number of hydrogen-bond acceptors (Lipinski definition) is 6. The summed E-state index contributed by atoms with van der Waals surface area (Å²) in [5.41, 5.74) is 0. The van der Waals surface area contributed by atoms with Crippen LogP contribution in [-0.4, -0.2) is 37.2 Å². The average Bonchev–Trinajstić information content (AvgIpc) is 3.27. The van der Waals surface area contributed by atoms with Gasteiger partial charge in [0.2, 0.25) is 0 Å². The van der Waals surface area contributed by atoms with Crippen LogP contribution in [0.5, 0.6) is 0 Å². The Bertz CT molecular complexity index is 1130. The first-order valence-corrected chi connectivity index (χ1v) is 26.3. The van der Waals surface area contributed by atoms with E-state index in [-0.39, 0.29) is 37.5 Å². The molecule has 0 aliphatic carbocycles. The molecule has 0 heterocycles. The maximum Gasteiger partial charge on any atom is 0.306 e. The van der Waals surface area contributed by atoms with Crippen LogP contribution in [0.25, 0.3) is 0 Å². The largest absolute Gasteiger partial charge is 0.462 e. The minimum Gasteiger partial charge on any atom is -0.462 e. The van der Waals surface area contributed by atoms with E-state index >= 15 is 0 Å². The van der Waals surface area contributed by atoms with Crippen molar-refractivity contribution < 1.29 is 28.6 Å². The Labute approximate surface area is 383 Å². The molecule has 0 aromatic rings. The molecule has 6 nitrogen and oxygen atoms in total. The maximum atomic E-state index is 12.8. The number of hydrogen-bond donors (Lipinski definition) is 0. The summed E-state index contributed by atoms with van der Waals surface area (Å²) in [6.07, 6.45) is 62.0. The van der Waals surface area contributed by atoms with Gasteiger partial charge in [0.1, 0.15) is 13.2 Å². The second kappa shape index (κ2) is 50.8. The Balaban J connectivity index is 4.46. The van der Waals surface area contributed by atoms with Gasteiger partial charge < -0.3 is 14.2 Å². The second-order valence-corrected chi connectivity index (χ2v) is 17.4. The van der Waals surface area contributed by atoms with E-state index < -0.39 is 6.10 Å². The Morgan fingerprint density at radius 2 is 0.597 bits per heavy atom. The van der Waals surface area contributed by atoms with Crippen molar-refractivity contribution >= 4 is 17.9 Å². The van der Waals surface area contributed by atoms with E-state index in [1.807, 2.05) is 0 Å². The highest BCUT2D eigenvalue weighted by molar-refractivity contribution is 5.71. The lowest BCUT2D eigenvalue weighted by atomic mass is 10.0. The lowest BCUT2D eigenvalue weighted by Gasteiger charge is -2.18. The van der Waals surface area contributed by atoms with Crippen LogP contribution < -0.4 is 0 Å². The summed E-state index contributed by atoms with van der Waals surface area (Å²) in [6, 6.07) is 0. The molecule has 0 bridgehead atoms. The predicted molar refractivity (Wildman–Crippen MR) is 265 cm³/mol. The van der Waals surface area contributed by atoms with Gasteiger partial charge in [-0.2, -0.15) is 0 Å². The van der Waals surface area contributed by atoms with Gasteiger partial charge in [-0.05, 0) is 83.5 Å². The molecular weight excluding hydrogens is 769 g/mol. The van der Waals surface area contributed by atoms with Gasteiger partial charge in [0.15, 0.2) is 6.10 Å². The van der Waals surface area contributed by atoms with Crippen molar-refractivity contribution in [3.8, 4) is 0 Å². The van der Waals surface area contributed by atoms with Crippen molar-refractivity contribution in [3.63, 3.8) is 0 Å². The van der Waals surface area contributed by atoms with Crippen LogP contribution >= 0.6 is 0 Å². The molecular formula is C56H98O6. The summed E-state index contributed by atoms with van der Waals surface area (Å²) < 4.78 is 16.7. The third-order valence-corrected chi connectivity index (χ3v) is 11.2. The molecule has 0 aliphatic rings. The topological polar surface area (TPSA) is 78.9 Å². The molecule has 0 N–H and O–H groups in total. The van der Waals surface area contributed by atoms with Crippen LogP contribution in [0.15, 0.2) is 60.8 Å². The molecule has 0 radical (unpaired) electrons. The monoisotopic (exact) mass is 867 g/mol. The predicted octanol–water partition coefficient (Wildman–Crippen LogP) is 17.3. The van der Waals surface area contributed by atoms with E-state index in [9.17, 15) is 14.4 Å². The first kappa shape index (κ1) is 59.1. The highest BCUT2D eigenvalue weighted by atomic mass is 16.6. The number of allylic oxidation sites excluding steroid dienone is 10. The highest BCUT2D eigenvalue weighted by Crippen LogP contribution is 2.14. The van der Waals surface area contributed by atoms with Gasteiger partial charge in [0.05, 0.1) is 0 Å². The molecule has 0 aromatic carbocycles. The van der Waals surface area contributed by atoms with Crippen LogP contribution in [0.3, 0.4) is 0 Å². The lowest BCUT2D eigenvalue weighted by molar-refractivity contribution is -0.167. The molecule has 0 unspecified atom stereocenters. The summed E-state index contributed by atoms with van der Waals surface area (Å²) in [5, 5.41) is 0. The maximum absolute atomic E-state index is 12.8. The van der Waals surface area contributed by atoms with Gasteiger partial charge in [0, 0.05) is 19.3 Å². The first-order valence-electron chi connectivity index (χ1n) is 26.3. The van der Waals surface area contributed by atoms with Crippen molar-refractivity contribution in [2.75, 3.05) is 13.2 Å². The summed E-state index contributed by atoms with van der Waals surface area (Å²) in [4.78, 5) is 37.9. The quantitative estimate of drug-likeness (QED) is 0.0262. The highest BCUT2D eigenvalue weighted by Gasteiger charge is 2.19. The zero-order valence-corrected chi connectivity index (χ0v) is 40.9. The van der Waals surface area contributed by atoms with E-state index in [1.165, 1.54) is 135 Å². The van der Waals surface area contributed by atoms with E-state index in [0.29, 0.717) is 19.3 Å².